The Kier molecular flexibility index (Phi) is 3.57. The van der Waals surface area contributed by atoms with Crippen LogP contribution in [0.1, 0.15) is 10.5 Å². The van der Waals surface area contributed by atoms with Crippen molar-refractivity contribution in [1.29, 1.82) is 0 Å². The van der Waals surface area contributed by atoms with E-state index in [1.54, 1.807) is 24.3 Å². The SMILES string of the molecule is Nc1ccc(-c2nc(C(=O)Nc3ccc(F)cc3)co2)cc1. The van der Waals surface area contributed by atoms with Crippen LogP contribution in [0, 0.1) is 5.82 Å². The minimum Gasteiger partial charge on any atom is -0.444 e. The second-order valence-corrected chi connectivity index (χ2v) is 4.62. The third-order valence-corrected chi connectivity index (χ3v) is 3.00. The molecule has 2 aromatic carbocycles. The summed E-state index contributed by atoms with van der Waals surface area (Å²) >= 11 is 0. The van der Waals surface area contributed by atoms with Gasteiger partial charge in [-0.05, 0) is 48.5 Å². The van der Waals surface area contributed by atoms with Crippen LogP contribution in [0.4, 0.5) is 15.8 Å². The van der Waals surface area contributed by atoms with Crippen LogP contribution in [0.25, 0.3) is 11.5 Å². The molecule has 0 aliphatic carbocycles. The van der Waals surface area contributed by atoms with Gasteiger partial charge in [-0.15, -0.1) is 0 Å². The minimum absolute atomic E-state index is 0.135. The summed E-state index contributed by atoms with van der Waals surface area (Å²) in [6, 6.07) is 12.4. The molecule has 0 bridgehead atoms. The molecule has 0 saturated carbocycles. The van der Waals surface area contributed by atoms with Crippen LogP contribution in [-0.2, 0) is 0 Å². The first kappa shape index (κ1) is 13.8. The fraction of sp³-hybridized carbons (Fsp3) is 0. The average Bonchev–Trinajstić information content (AvgIpc) is 3.00. The van der Waals surface area contributed by atoms with Gasteiger partial charge in [-0.1, -0.05) is 0 Å². The first-order valence-corrected chi connectivity index (χ1v) is 6.50. The van der Waals surface area contributed by atoms with Crippen LogP contribution < -0.4 is 11.1 Å². The topological polar surface area (TPSA) is 81.1 Å². The fourth-order valence-electron chi connectivity index (χ4n) is 1.86. The van der Waals surface area contributed by atoms with E-state index in [0.29, 0.717) is 17.3 Å². The number of oxazole rings is 1. The number of amides is 1. The quantitative estimate of drug-likeness (QED) is 0.727. The molecule has 22 heavy (non-hydrogen) atoms. The molecule has 110 valence electrons. The number of nitrogens with one attached hydrogen (secondary N) is 1. The second kappa shape index (κ2) is 5.69. The maximum atomic E-state index is 12.8. The number of rotatable bonds is 3. The van der Waals surface area contributed by atoms with Gasteiger partial charge in [0.1, 0.15) is 12.1 Å². The number of hydrogen-bond acceptors (Lipinski definition) is 4. The zero-order chi connectivity index (χ0) is 15.5. The lowest BCUT2D eigenvalue weighted by atomic mass is 10.2. The van der Waals surface area contributed by atoms with Crippen molar-refractivity contribution in [3.05, 3.63) is 66.3 Å². The molecule has 3 rings (SSSR count). The Morgan fingerprint density at radius 3 is 2.45 bits per heavy atom. The summed E-state index contributed by atoms with van der Waals surface area (Å²) in [4.78, 5) is 16.2. The van der Waals surface area contributed by atoms with Crippen molar-refractivity contribution in [2.75, 3.05) is 11.1 Å². The van der Waals surface area contributed by atoms with Gasteiger partial charge < -0.3 is 15.5 Å². The summed E-state index contributed by atoms with van der Waals surface area (Å²) < 4.78 is 18.1. The maximum Gasteiger partial charge on any atom is 0.277 e. The summed E-state index contributed by atoms with van der Waals surface area (Å²) in [5.41, 5.74) is 7.57. The number of halogens is 1. The number of nitrogen functional groups attached to an aromatic ring is 1. The molecule has 0 aliphatic heterocycles. The monoisotopic (exact) mass is 297 g/mol. The van der Waals surface area contributed by atoms with Crippen LogP contribution in [0.15, 0.2) is 59.2 Å². The predicted molar refractivity (Wildman–Crippen MR) is 80.7 cm³/mol. The number of carbonyl (C=O) groups excluding carboxylic acids is 1. The smallest absolute Gasteiger partial charge is 0.277 e. The maximum absolute atomic E-state index is 12.8. The van der Waals surface area contributed by atoms with Crippen LogP contribution in [-0.4, -0.2) is 10.9 Å². The highest BCUT2D eigenvalue weighted by atomic mass is 19.1. The Morgan fingerprint density at radius 1 is 1.09 bits per heavy atom. The van der Waals surface area contributed by atoms with Gasteiger partial charge in [-0.3, -0.25) is 4.79 Å². The third-order valence-electron chi connectivity index (χ3n) is 3.00. The molecule has 0 unspecified atom stereocenters. The van der Waals surface area contributed by atoms with Gasteiger partial charge >= 0.3 is 0 Å². The summed E-state index contributed by atoms with van der Waals surface area (Å²) in [5, 5.41) is 2.61. The minimum atomic E-state index is -0.433. The highest BCUT2D eigenvalue weighted by molar-refractivity contribution is 6.02. The van der Waals surface area contributed by atoms with Crippen LogP contribution in [0.5, 0.6) is 0 Å². The number of carbonyl (C=O) groups is 1. The largest absolute Gasteiger partial charge is 0.444 e. The zero-order valence-electron chi connectivity index (χ0n) is 11.4. The van der Waals surface area contributed by atoms with Gasteiger partial charge in [0.15, 0.2) is 5.69 Å². The molecule has 5 nitrogen and oxygen atoms in total. The first-order valence-electron chi connectivity index (χ1n) is 6.50. The van der Waals surface area contributed by atoms with E-state index in [9.17, 15) is 9.18 Å². The van der Waals surface area contributed by atoms with Crippen molar-refractivity contribution in [2.24, 2.45) is 0 Å². The molecule has 0 spiro atoms. The van der Waals surface area contributed by atoms with Crippen molar-refractivity contribution in [2.45, 2.75) is 0 Å². The Hall–Kier alpha value is -3.15. The van der Waals surface area contributed by atoms with E-state index in [-0.39, 0.29) is 11.5 Å². The number of benzene rings is 2. The first-order chi connectivity index (χ1) is 10.6. The van der Waals surface area contributed by atoms with Crippen LogP contribution in [0.3, 0.4) is 0 Å². The number of aromatic nitrogens is 1. The molecule has 0 aliphatic rings. The normalized spacial score (nSPS) is 10.4. The molecule has 3 aromatic rings. The molecule has 0 fully saturated rings. The summed E-state index contributed by atoms with van der Waals surface area (Å²) in [6.07, 6.45) is 1.27. The standard InChI is InChI=1S/C16H12FN3O2/c17-11-3-7-13(8-4-11)19-15(21)14-9-22-16(20-14)10-1-5-12(18)6-2-10/h1-9H,18H2,(H,19,21). The molecule has 1 heterocycles. The molecule has 0 radical (unpaired) electrons. The summed E-state index contributed by atoms with van der Waals surface area (Å²) in [7, 11) is 0. The highest BCUT2D eigenvalue weighted by Crippen LogP contribution is 2.20. The van der Waals surface area contributed by atoms with Gasteiger partial charge in [-0.25, -0.2) is 9.37 Å². The fourth-order valence-corrected chi connectivity index (χ4v) is 1.86. The van der Waals surface area contributed by atoms with E-state index in [1.165, 1.54) is 30.5 Å². The molecular formula is C16H12FN3O2. The van der Waals surface area contributed by atoms with Crippen molar-refractivity contribution in [3.8, 4) is 11.5 Å². The molecule has 0 saturated heterocycles. The Morgan fingerprint density at radius 2 is 1.77 bits per heavy atom. The van der Waals surface area contributed by atoms with Gasteiger partial charge in [0.25, 0.3) is 5.91 Å². The average molecular weight is 297 g/mol. The number of nitrogens with two attached hydrogens (primary N) is 1. The highest BCUT2D eigenvalue weighted by Gasteiger charge is 2.13. The van der Waals surface area contributed by atoms with E-state index in [2.05, 4.69) is 10.3 Å². The van der Waals surface area contributed by atoms with E-state index in [1.807, 2.05) is 0 Å². The van der Waals surface area contributed by atoms with E-state index in [4.69, 9.17) is 10.2 Å². The lowest BCUT2D eigenvalue weighted by Gasteiger charge is -2.01. The molecule has 1 aromatic heterocycles. The lowest BCUT2D eigenvalue weighted by Crippen LogP contribution is -2.12. The third kappa shape index (κ3) is 2.95. The number of nitrogens with zero attached hydrogens (tertiary/aromatic N) is 1. The Balaban J connectivity index is 1.76. The van der Waals surface area contributed by atoms with E-state index >= 15 is 0 Å². The molecule has 0 atom stereocenters. The van der Waals surface area contributed by atoms with Crippen molar-refractivity contribution >= 4 is 17.3 Å². The van der Waals surface area contributed by atoms with Gasteiger partial charge in [-0.2, -0.15) is 0 Å². The summed E-state index contributed by atoms with van der Waals surface area (Å²) in [5.74, 6) is -0.480. The predicted octanol–water partition coefficient (Wildman–Crippen LogP) is 3.32. The van der Waals surface area contributed by atoms with Crippen molar-refractivity contribution in [1.82, 2.24) is 4.98 Å². The van der Waals surface area contributed by atoms with Crippen LogP contribution >= 0.6 is 0 Å². The van der Waals surface area contributed by atoms with E-state index < -0.39 is 5.91 Å². The molecular weight excluding hydrogens is 285 g/mol. The van der Waals surface area contributed by atoms with Gasteiger partial charge in [0.05, 0.1) is 0 Å². The zero-order valence-corrected chi connectivity index (χ0v) is 11.4. The summed E-state index contributed by atoms with van der Waals surface area (Å²) in [6.45, 7) is 0. The molecule has 3 N–H and O–H groups in total. The van der Waals surface area contributed by atoms with Gasteiger partial charge in [0.2, 0.25) is 5.89 Å². The Labute approximate surface area is 125 Å². The van der Waals surface area contributed by atoms with Crippen molar-refractivity contribution < 1.29 is 13.6 Å². The van der Waals surface area contributed by atoms with Crippen LogP contribution in [0.2, 0.25) is 0 Å². The molecule has 6 heteroatoms. The van der Waals surface area contributed by atoms with Gasteiger partial charge in [0, 0.05) is 16.9 Å². The second-order valence-electron chi connectivity index (χ2n) is 4.62. The Bertz CT molecular complexity index is 795. The lowest BCUT2D eigenvalue weighted by molar-refractivity contribution is 0.102. The number of hydrogen-bond donors (Lipinski definition) is 2. The van der Waals surface area contributed by atoms with Crippen molar-refractivity contribution in [3.63, 3.8) is 0 Å². The van der Waals surface area contributed by atoms with E-state index in [0.717, 1.165) is 5.56 Å². The molecule has 1 amide bonds. The number of anilines is 2.